The van der Waals surface area contributed by atoms with Gasteiger partial charge in [-0.2, -0.15) is 0 Å². The smallest absolute Gasteiger partial charge is 0.341 e. The van der Waals surface area contributed by atoms with Crippen LogP contribution in [0.15, 0.2) is 46.9 Å². The summed E-state index contributed by atoms with van der Waals surface area (Å²) in [4.78, 5) is 25.7. The number of aromatic nitrogens is 3. The van der Waals surface area contributed by atoms with Crippen LogP contribution in [-0.2, 0) is 22.5 Å². The minimum absolute atomic E-state index is 0.105. The van der Waals surface area contributed by atoms with Crippen LogP contribution >= 0.6 is 46.3 Å². The van der Waals surface area contributed by atoms with Gasteiger partial charge in [-0.15, -0.1) is 21.5 Å². The van der Waals surface area contributed by atoms with E-state index >= 15 is 0 Å². The Morgan fingerprint density at radius 1 is 1.10 bits per heavy atom. The van der Waals surface area contributed by atoms with Crippen LogP contribution in [0.3, 0.4) is 0 Å². The first-order valence-corrected chi connectivity index (χ1v) is 15.5. The van der Waals surface area contributed by atoms with E-state index < -0.39 is 5.97 Å². The number of rotatable bonds is 12. The van der Waals surface area contributed by atoms with E-state index in [9.17, 15) is 9.59 Å². The summed E-state index contributed by atoms with van der Waals surface area (Å²) in [6.45, 7) is 7.11. The Bertz CT molecular complexity index is 1550. The highest BCUT2D eigenvalue weighted by Gasteiger charge is 2.24. The molecule has 2 aromatic heterocycles. The number of anilines is 1. The highest BCUT2D eigenvalue weighted by Crippen LogP contribution is 2.38. The van der Waals surface area contributed by atoms with Gasteiger partial charge >= 0.3 is 5.97 Å². The van der Waals surface area contributed by atoms with E-state index in [4.69, 9.17) is 32.7 Å². The molecule has 0 aliphatic carbocycles. The summed E-state index contributed by atoms with van der Waals surface area (Å²) in [6, 6.07) is 11.2. The van der Waals surface area contributed by atoms with Crippen molar-refractivity contribution in [2.24, 2.45) is 0 Å². The lowest BCUT2D eigenvalue weighted by Crippen LogP contribution is -2.16. The second-order valence-electron chi connectivity index (χ2n) is 9.17. The molecule has 216 valence electrons. The van der Waals surface area contributed by atoms with E-state index in [1.54, 1.807) is 18.2 Å². The lowest BCUT2D eigenvalue weighted by atomic mass is 9.97. The van der Waals surface area contributed by atoms with Crippen LogP contribution in [0.25, 0.3) is 11.1 Å². The molecule has 0 aliphatic heterocycles. The number of thiophene rings is 1. The van der Waals surface area contributed by atoms with Crippen molar-refractivity contribution in [1.29, 1.82) is 0 Å². The van der Waals surface area contributed by atoms with Crippen LogP contribution in [0, 0.1) is 13.8 Å². The number of amides is 1. The Morgan fingerprint density at radius 2 is 1.90 bits per heavy atom. The number of esters is 1. The highest BCUT2D eigenvalue weighted by atomic mass is 35.5. The first-order valence-electron chi connectivity index (χ1n) is 12.9. The molecule has 0 spiro atoms. The van der Waals surface area contributed by atoms with Crippen LogP contribution in [0.4, 0.5) is 5.00 Å². The molecule has 1 amide bonds. The number of halogens is 2. The summed E-state index contributed by atoms with van der Waals surface area (Å²) in [6.07, 6.45) is 1.36. The molecule has 12 heteroatoms. The number of carbonyl (C=O) groups excluding carboxylic acids is 2. The lowest BCUT2D eigenvalue weighted by Gasteiger charge is -2.11. The number of carbonyl (C=O) groups is 2. The number of hydrogen-bond donors (Lipinski definition) is 1. The summed E-state index contributed by atoms with van der Waals surface area (Å²) in [5, 5.41) is 15.5. The van der Waals surface area contributed by atoms with E-state index in [-0.39, 0.29) is 11.7 Å². The molecule has 4 aromatic rings. The minimum Gasteiger partial charge on any atom is -0.492 e. The van der Waals surface area contributed by atoms with Gasteiger partial charge in [0.25, 0.3) is 0 Å². The number of hydrogen-bond acceptors (Lipinski definition) is 8. The van der Waals surface area contributed by atoms with E-state index in [1.165, 1.54) is 30.2 Å². The third-order valence-electron chi connectivity index (χ3n) is 6.25. The average molecular weight is 634 g/mol. The molecule has 2 aromatic carbocycles. The standard InChI is InChI=1S/C29H30Cl2N4O4S2/c1-5-35-24(7-6-12-39-23-11-10-19(30)14-22(23)31)33-34-29(35)41-16-25(36)32-27-26(28(37)38-4)21(15-40-27)20-13-17(2)8-9-18(20)3/h8-11,13-15H,5-7,12,16H2,1-4H3,(H,32,36). The Kier molecular flexibility index (Phi) is 10.7. The second-order valence-corrected chi connectivity index (χ2v) is 11.8. The van der Waals surface area contributed by atoms with Crippen LogP contribution in [0.2, 0.25) is 10.0 Å². The maximum absolute atomic E-state index is 12.9. The minimum atomic E-state index is -0.497. The summed E-state index contributed by atoms with van der Waals surface area (Å²) in [5.41, 5.74) is 4.13. The topological polar surface area (TPSA) is 95.3 Å². The zero-order valence-electron chi connectivity index (χ0n) is 23.1. The largest absolute Gasteiger partial charge is 0.492 e. The highest BCUT2D eigenvalue weighted by molar-refractivity contribution is 7.99. The zero-order valence-corrected chi connectivity index (χ0v) is 26.3. The van der Waals surface area contributed by atoms with Crippen molar-refractivity contribution in [2.45, 2.75) is 45.3 Å². The Labute approximate surface area is 257 Å². The number of thioether (sulfide) groups is 1. The number of ether oxygens (including phenoxy) is 2. The molecule has 0 atom stereocenters. The van der Waals surface area contributed by atoms with Gasteiger partial charge < -0.3 is 19.4 Å². The molecule has 4 rings (SSSR count). The van der Waals surface area contributed by atoms with E-state index in [1.807, 2.05) is 48.9 Å². The first kappa shape index (κ1) is 30.9. The van der Waals surface area contributed by atoms with Crippen LogP contribution in [0.1, 0.15) is 40.7 Å². The summed E-state index contributed by atoms with van der Waals surface area (Å²) < 4.78 is 12.8. The Morgan fingerprint density at radius 3 is 2.63 bits per heavy atom. The normalized spacial score (nSPS) is 11.0. The zero-order chi connectivity index (χ0) is 29.5. The maximum atomic E-state index is 12.9. The van der Waals surface area contributed by atoms with Crippen molar-refractivity contribution in [2.75, 3.05) is 24.8 Å². The molecule has 2 heterocycles. The van der Waals surface area contributed by atoms with Gasteiger partial charge in [0.2, 0.25) is 5.91 Å². The van der Waals surface area contributed by atoms with Gasteiger partial charge in [-0.25, -0.2) is 4.79 Å². The van der Waals surface area contributed by atoms with E-state index in [0.29, 0.717) is 57.5 Å². The number of aryl methyl sites for hydroxylation is 3. The number of nitrogens with zero attached hydrogens (tertiary/aromatic N) is 3. The lowest BCUT2D eigenvalue weighted by molar-refractivity contribution is -0.113. The average Bonchev–Trinajstić information content (AvgIpc) is 3.55. The van der Waals surface area contributed by atoms with Crippen molar-refractivity contribution >= 4 is 63.2 Å². The molecule has 0 fully saturated rings. The van der Waals surface area contributed by atoms with Crippen LogP contribution in [0.5, 0.6) is 5.75 Å². The summed E-state index contributed by atoms with van der Waals surface area (Å²) >= 11 is 14.7. The molecular formula is C29H30Cl2N4O4S2. The molecule has 41 heavy (non-hydrogen) atoms. The van der Waals surface area contributed by atoms with E-state index in [0.717, 1.165) is 28.1 Å². The van der Waals surface area contributed by atoms with Crippen LogP contribution < -0.4 is 10.1 Å². The number of nitrogens with one attached hydrogen (secondary N) is 1. The van der Waals surface area contributed by atoms with Crippen LogP contribution in [-0.4, -0.2) is 46.1 Å². The monoisotopic (exact) mass is 632 g/mol. The summed E-state index contributed by atoms with van der Waals surface area (Å²) in [5.74, 6) is 0.744. The Hall–Kier alpha value is -3.05. The third-order valence-corrected chi connectivity index (χ3v) is 8.65. The maximum Gasteiger partial charge on any atom is 0.341 e. The molecule has 1 N–H and O–H groups in total. The van der Waals surface area contributed by atoms with Crippen molar-refractivity contribution in [3.8, 4) is 16.9 Å². The van der Waals surface area contributed by atoms with Gasteiger partial charge in [-0.05, 0) is 56.5 Å². The molecular weight excluding hydrogens is 603 g/mol. The van der Waals surface area contributed by atoms with E-state index in [2.05, 4.69) is 15.5 Å². The number of methoxy groups -OCH3 is 1. The molecule has 0 saturated heterocycles. The second kappa shape index (κ2) is 14.2. The predicted octanol–water partition coefficient (Wildman–Crippen LogP) is 7.48. The fourth-order valence-corrected chi connectivity index (χ4v) is 6.45. The van der Waals surface area contributed by atoms with Crippen molar-refractivity contribution in [3.63, 3.8) is 0 Å². The fourth-order valence-electron chi connectivity index (χ4n) is 4.20. The molecule has 0 radical (unpaired) electrons. The van der Waals surface area contributed by atoms with Gasteiger partial charge in [0.1, 0.15) is 22.1 Å². The summed E-state index contributed by atoms with van der Waals surface area (Å²) in [7, 11) is 1.34. The molecule has 0 saturated carbocycles. The molecule has 0 aliphatic rings. The Balaban J connectivity index is 1.37. The van der Waals surface area contributed by atoms with Gasteiger partial charge in [0, 0.05) is 28.9 Å². The van der Waals surface area contributed by atoms with Gasteiger partial charge in [-0.1, -0.05) is 58.7 Å². The van der Waals surface area contributed by atoms with Gasteiger partial charge in [0.15, 0.2) is 5.16 Å². The van der Waals surface area contributed by atoms with Crippen molar-refractivity contribution < 1.29 is 19.1 Å². The molecule has 0 unspecified atom stereocenters. The third kappa shape index (κ3) is 7.62. The first-order chi connectivity index (χ1) is 19.7. The van der Waals surface area contributed by atoms with Gasteiger partial charge in [0.05, 0.1) is 24.5 Å². The molecule has 8 nitrogen and oxygen atoms in total. The molecule has 0 bridgehead atoms. The van der Waals surface area contributed by atoms with Crippen molar-refractivity contribution in [3.05, 3.63) is 74.3 Å². The van der Waals surface area contributed by atoms with Crippen molar-refractivity contribution in [1.82, 2.24) is 14.8 Å². The SMILES string of the molecule is CCn1c(CCCOc2ccc(Cl)cc2Cl)nnc1SCC(=O)Nc1scc(-c2cc(C)ccc2C)c1C(=O)OC. The quantitative estimate of drug-likeness (QED) is 0.0982. The predicted molar refractivity (Wildman–Crippen MR) is 166 cm³/mol. The van der Waals surface area contributed by atoms with Gasteiger partial charge in [-0.3, -0.25) is 4.79 Å². The number of benzene rings is 2. The fraction of sp³-hybridized carbons (Fsp3) is 0.310.